The lowest BCUT2D eigenvalue weighted by Gasteiger charge is -2.46. The summed E-state index contributed by atoms with van der Waals surface area (Å²) >= 11 is 0. The van der Waals surface area contributed by atoms with Gasteiger partial charge in [0.25, 0.3) is 5.91 Å². The van der Waals surface area contributed by atoms with E-state index in [1.54, 1.807) is 11.0 Å². The van der Waals surface area contributed by atoms with E-state index in [1.165, 1.54) is 6.08 Å². The summed E-state index contributed by atoms with van der Waals surface area (Å²) in [6.45, 7) is 12.9. The molecule has 0 radical (unpaired) electrons. The van der Waals surface area contributed by atoms with E-state index in [-0.39, 0.29) is 17.4 Å². The van der Waals surface area contributed by atoms with E-state index in [0.717, 1.165) is 13.1 Å². The number of likely N-dealkylation sites (tertiary alicyclic amines) is 1. The first-order valence-electron chi connectivity index (χ1n) is 7.00. The quantitative estimate of drug-likeness (QED) is 0.851. The van der Waals surface area contributed by atoms with E-state index in [0.29, 0.717) is 24.7 Å². The van der Waals surface area contributed by atoms with Gasteiger partial charge in [-0.05, 0) is 17.4 Å². The van der Waals surface area contributed by atoms with Crippen LogP contribution in [0.1, 0.15) is 20.8 Å². The van der Waals surface area contributed by atoms with Crippen LogP contribution in [0, 0.1) is 11.3 Å². The Morgan fingerprint density at radius 2 is 2.05 bits per heavy atom. The molecule has 5 nitrogen and oxygen atoms in total. The summed E-state index contributed by atoms with van der Waals surface area (Å²) in [5, 5.41) is 2.85. The van der Waals surface area contributed by atoms with Gasteiger partial charge in [0.15, 0.2) is 0 Å². The minimum absolute atomic E-state index is 0.0456. The fourth-order valence-corrected chi connectivity index (χ4v) is 2.32. The Hall–Kier alpha value is -1.78. The Morgan fingerprint density at radius 1 is 1.40 bits per heavy atom. The fourth-order valence-electron chi connectivity index (χ4n) is 2.32. The molecule has 0 bridgehead atoms. The van der Waals surface area contributed by atoms with Gasteiger partial charge in [-0.15, -0.1) is 0 Å². The third-order valence-electron chi connectivity index (χ3n) is 4.04. The zero-order valence-corrected chi connectivity index (χ0v) is 12.5. The number of carbonyl (C=O) groups excluding carboxylic acids is 2. The first-order valence-corrected chi connectivity index (χ1v) is 7.00. The highest BCUT2D eigenvalue weighted by molar-refractivity contribution is 5.93. The van der Waals surface area contributed by atoms with Gasteiger partial charge in [0.2, 0.25) is 0 Å². The SMILES string of the molecule is C=C1C=CC(=O)N1CCNC(=O)N1CC(C(C)(C)C)C1. The second kappa shape index (κ2) is 5.31. The van der Waals surface area contributed by atoms with E-state index in [1.807, 2.05) is 4.90 Å². The van der Waals surface area contributed by atoms with Gasteiger partial charge in [0.05, 0.1) is 0 Å². The van der Waals surface area contributed by atoms with Crippen LogP contribution in [0.2, 0.25) is 0 Å². The topological polar surface area (TPSA) is 52.7 Å². The lowest BCUT2D eigenvalue weighted by molar-refractivity contribution is -0.123. The highest BCUT2D eigenvalue weighted by Gasteiger charge is 2.38. The molecule has 0 aromatic carbocycles. The molecule has 0 unspecified atom stereocenters. The molecule has 2 rings (SSSR count). The van der Waals surface area contributed by atoms with Crippen molar-refractivity contribution in [1.82, 2.24) is 15.1 Å². The van der Waals surface area contributed by atoms with Crippen molar-refractivity contribution >= 4 is 11.9 Å². The van der Waals surface area contributed by atoms with Crippen LogP contribution >= 0.6 is 0 Å². The van der Waals surface area contributed by atoms with Gasteiger partial charge >= 0.3 is 6.03 Å². The summed E-state index contributed by atoms with van der Waals surface area (Å²) in [5.74, 6) is 0.499. The van der Waals surface area contributed by atoms with E-state index in [4.69, 9.17) is 0 Å². The molecule has 0 aromatic rings. The average Bonchev–Trinajstić information content (AvgIpc) is 2.56. The maximum atomic E-state index is 11.9. The molecule has 110 valence electrons. The van der Waals surface area contributed by atoms with E-state index < -0.39 is 0 Å². The van der Waals surface area contributed by atoms with E-state index in [2.05, 4.69) is 32.7 Å². The number of hydrogen-bond donors (Lipinski definition) is 1. The Balaban J connectivity index is 1.67. The lowest BCUT2D eigenvalue weighted by atomic mass is 9.76. The minimum atomic E-state index is -0.0685. The second-order valence-corrected chi connectivity index (χ2v) is 6.51. The van der Waals surface area contributed by atoms with Crippen LogP contribution in [0.4, 0.5) is 4.79 Å². The van der Waals surface area contributed by atoms with Gasteiger partial charge in [-0.3, -0.25) is 4.79 Å². The van der Waals surface area contributed by atoms with Crippen molar-refractivity contribution in [3.8, 4) is 0 Å². The predicted molar refractivity (Wildman–Crippen MR) is 77.9 cm³/mol. The number of amides is 3. The average molecular weight is 277 g/mol. The van der Waals surface area contributed by atoms with Crippen molar-refractivity contribution in [2.75, 3.05) is 26.2 Å². The van der Waals surface area contributed by atoms with E-state index >= 15 is 0 Å². The Kier molecular flexibility index (Phi) is 3.88. The molecular weight excluding hydrogens is 254 g/mol. The minimum Gasteiger partial charge on any atom is -0.336 e. The van der Waals surface area contributed by atoms with Gasteiger partial charge in [-0.25, -0.2) is 4.79 Å². The third-order valence-corrected chi connectivity index (χ3v) is 4.04. The molecule has 0 atom stereocenters. The molecule has 1 N–H and O–H groups in total. The maximum absolute atomic E-state index is 11.9. The zero-order valence-electron chi connectivity index (χ0n) is 12.5. The highest BCUT2D eigenvalue weighted by atomic mass is 16.2. The van der Waals surface area contributed by atoms with Crippen molar-refractivity contribution < 1.29 is 9.59 Å². The van der Waals surface area contributed by atoms with Crippen molar-refractivity contribution in [1.29, 1.82) is 0 Å². The molecule has 0 aliphatic carbocycles. The highest BCUT2D eigenvalue weighted by Crippen LogP contribution is 2.33. The smallest absolute Gasteiger partial charge is 0.317 e. The van der Waals surface area contributed by atoms with Crippen LogP contribution in [0.5, 0.6) is 0 Å². The first kappa shape index (κ1) is 14.6. The Morgan fingerprint density at radius 3 is 2.55 bits per heavy atom. The van der Waals surface area contributed by atoms with Gasteiger partial charge in [0, 0.05) is 38.0 Å². The number of rotatable bonds is 3. The second-order valence-electron chi connectivity index (χ2n) is 6.51. The van der Waals surface area contributed by atoms with Crippen LogP contribution in [0.3, 0.4) is 0 Å². The zero-order chi connectivity index (χ0) is 14.9. The molecule has 2 aliphatic heterocycles. The molecule has 2 aliphatic rings. The third kappa shape index (κ3) is 3.03. The van der Waals surface area contributed by atoms with Gasteiger partial charge in [-0.1, -0.05) is 27.4 Å². The van der Waals surface area contributed by atoms with Crippen LogP contribution in [-0.4, -0.2) is 47.9 Å². The molecule has 3 amide bonds. The van der Waals surface area contributed by atoms with Crippen molar-refractivity contribution in [3.63, 3.8) is 0 Å². The predicted octanol–water partition coefficient (Wildman–Crippen LogP) is 1.59. The molecule has 1 saturated heterocycles. The lowest BCUT2D eigenvalue weighted by Crippen LogP contribution is -2.57. The van der Waals surface area contributed by atoms with Gasteiger partial charge < -0.3 is 15.1 Å². The summed E-state index contributed by atoms with van der Waals surface area (Å²) in [6.07, 6.45) is 3.18. The number of hydrogen-bond acceptors (Lipinski definition) is 2. The first-order chi connectivity index (χ1) is 9.29. The standard InChI is InChI=1S/C15H23N3O2/c1-11-5-6-13(19)18(11)8-7-16-14(20)17-9-12(10-17)15(2,3)4/h5-6,12H,1,7-10H2,2-4H3,(H,16,20). The summed E-state index contributed by atoms with van der Waals surface area (Å²) in [7, 11) is 0. The number of nitrogens with zero attached hydrogens (tertiary/aromatic N) is 2. The van der Waals surface area contributed by atoms with Crippen LogP contribution < -0.4 is 5.32 Å². The monoisotopic (exact) mass is 277 g/mol. The van der Waals surface area contributed by atoms with Crippen molar-refractivity contribution in [3.05, 3.63) is 24.4 Å². The molecule has 2 heterocycles. The molecule has 20 heavy (non-hydrogen) atoms. The van der Waals surface area contributed by atoms with Crippen molar-refractivity contribution in [2.45, 2.75) is 20.8 Å². The van der Waals surface area contributed by atoms with Gasteiger partial charge in [-0.2, -0.15) is 0 Å². The Bertz CT molecular complexity index is 438. The largest absolute Gasteiger partial charge is 0.336 e. The van der Waals surface area contributed by atoms with Crippen LogP contribution in [0.15, 0.2) is 24.4 Å². The summed E-state index contributed by atoms with van der Waals surface area (Å²) in [4.78, 5) is 26.8. The fraction of sp³-hybridized carbons (Fsp3) is 0.600. The molecule has 5 heteroatoms. The molecule has 0 aromatic heterocycles. The molecule has 0 spiro atoms. The number of nitrogens with one attached hydrogen (secondary N) is 1. The Labute approximate surface area is 120 Å². The summed E-state index contributed by atoms with van der Waals surface area (Å²) in [5.41, 5.74) is 0.934. The maximum Gasteiger partial charge on any atom is 0.317 e. The summed E-state index contributed by atoms with van der Waals surface area (Å²) < 4.78 is 0. The normalized spacial score (nSPS) is 19.6. The molecule has 0 saturated carbocycles. The van der Waals surface area contributed by atoms with E-state index in [9.17, 15) is 9.59 Å². The number of carbonyl (C=O) groups is 2. The summed E-state index contributed by atoms with van der Waals surface area (Å²) in [6, 6.07) is -0.0456. The number of urea groups is 1. The van der Waals surface area contributed by atoms with Crippen molar-refractivity contribution in [2.24, 2.45) is 11.3 Å². The van der Waals surface area contributed by atoms with Crippen LogP contribution in [0.25, 0.3) is 0 Å². The number of allylic oxidation sites excluding steroid dienone is 1. The molecule has 1 fully saturated rings. The van der Waals surface area contributed by atoms with Crippen LogP contribution in [-0.2, 0) is 4.79 Å². The molecular formula is C15H23N3O2. The van der Waals surface area contributed by atoms with Gasteiger partial charge in [0.1, 0.15) is 0 Å².